The molecule has 2 fully saturated rings. The third kappa shape index (κ3) is 3.16. The van der Waals surface area contributed by atoms with Gasteiger partial charge in [0.15, 0.2) is 0 Å². The van der Waals surface area contributed by atoms with E-state index in [-0.39, 0.29) is 5.60 Å². The standard InChI is InChI=1S/C17H29N3O/c1-3-18-16(15-7-11-19-20(15)2)14-8-12-21-17(13-14)9-5-4-6-10-17/h7,11,14,16,18H,3-6,8-10,12-13H2,1-2H3. The molecule has 2 heterocycles. The lowest BCUT2D eigenvalue weighted by Crippen LogP contribution is -2.45. The fourth-order valence-electron chi connectivity index (χ4n) is 4.32. The van der Waals surface area contributed by atoms with Crippen LogP contribution < -0.4 is 5.32 Å². The lowest BCUT2D eigenvalue weighted by molar-refractivity contribution is -0.122. The Morgan fingerprint density at radius 3 is 2.90 bits per heavy atom. The van der Waals surface area contributed by atoms with Crippen molar-refractivity contribution in [1.82, 2.24) is 15.1 Å². The lowest BCUT2D eigenvalue weighted by atomic mass is 9.73. The fraction of sp³-hybridized carbons (Fsp3) is 0.824. The maximum atomic E-state index is 6.26. The first kappa shape index (κ1) is 15.0. The number of hydrogen-bond acceptors (Lipinski definition) is 3. The molecule has 0 radical (unpaired) electrons. The van der Waals surface area contributed by atoms with Crippen LogP contribution in [-0.2, 0) is 11.8 Å². The van der Waals surface area contributed by atoms with Crippen molar-refractivity contribution in [3.05, 3.63) is 18.0 Å². The summed E-state index contributed by atoms with van der Waals surface area (Å²) >= 11 is 0. The van der Waals surface area contributed by atoms with E-state index in [1.165, 1.54) is 44.2 Å². The van der Waals surface area contributed by atoms with E-state index in [0.29, 0.717) is 12.0 Å². The number of hydrogen-bond donors (Lipinski definition) is 1. The number of rotatable bonds is 4. The minimum atomic E-state index is 0.174. The van der Waals surface area contributed by atoms with Crippen molar-refractivity contribution in [3.8, 4) is 0 Å². The summed E-state index contributed by atoms with van der Waals surface area (Å²) in [6, 6.07) is 2.57. The maximum absolute atomic E-state index is 6.26. The van der Waals surface area contributed by atoms with E-state index >= 15 is 0 Å². The predicted octanol–water partition coefficient (Wildman–Crippen LogP) is 3.20. The number of nitrogens with zero attached hydrogens (tertiary/aromatic N) is 2. The normalized spacial score (nSPS) is 26.9. The minimum Gasteiger partial charge on any atom is -0.375 e. The van der Waals surface area contributed by atoms with Gasteiger partial charge in [0, 0.05) is 19.9 Å². The second-order valence-corrected chi connectivity index (χ2v) is 6.76. The number of aromatic nitrogens is 2. The van der Waals surface area contributed by atoms with Crippen molar-refractivity contribution in [3.63, 3.8) is 0 Å². The van der Waals surface area contributed by atoms with Gasteiger partial charge in [0.05, 0.1) is 17.3 Å². The Labute approximate surface area is 128 Å². The molecule has 1 aromatic rings. The molecule has 0 bridgehead atoms. The zero-order chi connectivity index (χ0) is 14.7. The van der Waals surface area contributed by atoms with E-state index in [2.05, 4.69) is 30.5 Å². The van der Waals surface area contributed by atoms with Gasteiger partial charge in [0.25, 0.3) is 0 Å². The quantitative estimate of drug-likeness (QED) is 0.926. The van der Waals surface area contributed by atoms with E-state index in [1.54, 1.807) is 0 Å². The van der Waals surface area contributed by atoms with Crippen LogP contribution in [0.2, 0.25) is 0 Å². The Bertz CT molecular complexity index is 445. The van der Waals surface area contributed by atoms with Crippen LogP contribution in [0.25, 0.3) is 0 Å². The first-order chi connectivity index (χ1) is 10.2. The Morgan fingerprint density at radius 1 is 1.43 bits per heavy atom. The highest BCUT2D eigenvalue weighted by Gasteiger charge is 2.41. The molecule has 4 nitrogen and oxygen atoms in total. The third-order valence-corrected chi connectivity index (χ3v) is 5.37. The van der Waals surface area contributed by atoms with Gasteiger partial charge in [-0.1, -0.05) is 26.2 Å². The molecule has 1 spiro atoms. The van der Waals surface area contributed by atoms with Crippen LogP contribution in [0, 0.1) is 5.92 Å². The molecular formula is C17H29N3O. The van der Waals surface area contributed by atoms with E-state index in [0.717, 1.165) is 19.6 Å². The van der Waals surface area contributed by atoms with Gasteiger partial charge in [-0.05, 0) is 44.2 Å². The molecule has 2 atom stereocenters. The summed E-state index contributed by atoms with van der Waals surface area (Å²) in [5.41, 5.74) is 1.49. The minimum absolute atomic E-state index is 0.174. The van der Waals surface area contributed by atoms with Gasteiger partial charge >= 0.3 is 0 Å². The monoisotopic (exact) mass is 291 g/mol. The van der Waals surface area contributed by atoms with Gasteiger partial charge in [0.2, 0.25) is 0 Å². The van der Waals surface area contributed by atoms with Gasteiger partial charge in [-0.25, -0.2) is 0 Å². The predicted molar refractivity (Wildman–Crippen MR) is 84.1 cm³/mol. The first-order valence-electron chi connectivity index (χ1n) is 8.59. The summed E-state index contributed by atoms with van der Waals surface area (Å²) in [5.74, 6) is 0.659. The summed E-state index contributed by atoms with van der Waals surface area (Å²) < 4.78 is 8.29. The smallest absolute Gasteiger partial charge is 0.0686 e. The van der Waals surface area contributed by atoms with E-state index in [4.69, 9.17) is 4.74 Å². The Balaban J connectivity index is 1.77. The fourth-order valence-corrected chi connectivity index (χ4v) is 4.32. The number of aryl methyl sites for hydroxylation is 1. The Hall–Kier alpha value is -0.870. The summed E-state index contributed by atoms with van der Waals surface area (Å²) in [5, 5.41) is 8.07. The average Bonchev–Trinajstić information content (AvgIpc) is 2.91. The van der Waals surface area contributed by atoms with Crippen LogP contribution in [-0.4, -0.2) is 28.5 Å². The summed E-state index contributed by atoms with van der Waals surface area (Å²) in [4.78, 5) is 0. The van der Waals surface area contributed by atoms with Gasteiger partial charge in [-0.2, -0.15) is 5.10 Å². The van der Waals surface area contributed by atoms with Crippen molar-refractivity contribution >= 4 is 0 Å². The molecule has 2 unspecified atom stereocenters. The zero-order valence-electron chi connectivity index (χ0n) is 13.5. The molecule has 118 valence electrons. The molecule has 0 amide bonds. The van der Waals surface area contributed by atoms with Gasteiger partial charge in [-0.15, -0.1) is 0 Å². The second kappa shape index (κ2) is 6.49. The highest BCUT2D eigenvalue weighted by Crippen LogP contribution is 2.44. The molecule has 4 heteroatoms. The molecule has 0 aromatic carbocycles. The highest BCUT2D eigenvalue weighted by atomic mass is 16.5. The zero-order valence-corrected chi connectivity index (χ0v) is 13.5. The number of ether oxygens (including phenoxy) is 1. The van der Waals surface area contributed by atoms with Crippen LogP contribution in [0.4, 0.5) is 0 Å². The van der Waals surface area contributed by atoms with E-state index in [1.807, 2.05) is 10.9 Å². The van der Waals surface area contributed by atoms with Crippen LogP contribution in [0.15, 0.2) is 12.3 Å². The topological polar surface area (TPSA) is 39.1 Å². The van der Waals surface area contributed by atoms with Crippen LogP contribution >= 0.6 is 0 Å². The lowest BCUT2D eigenvalue weighted by Gasteiger charge is -2.45. The maximum Gasteiger partial charge on any atom is 0.0686 e. The molecule has 1 saturated carbocycles. The third-order valence-electron chi connectivity index (χ3n) is 5.37. The van der Waals surface area contributed by atoms with Crippen LogP contribution in [0.1, 0.15) is 63.6 Å². The van der Waals surface area contributed by atoms with Crippen molar-refractivity contribution in [2.75, 3.05) is 13.2 Å². The molecule has 3 rings (SSSR count). The first-order valence-corrected chi connectivity index (χ1v) is 8.59. The van der Waals surface area contributed by atoms with Crippen molar-refractivity contribution in [2.45, 2.75) is 63.5 Å². The van der Waals surface area contributed by atoms with E-state index in [9.17, 15) is 0 Å². The van der Waals surface area contributed by atoms with Crippen molar-refractivity contribution in [1.29, 1.82) is 0 Å². The highest BCUT2D eigenvalue weighted by molar-refractivity contribution is 5.10. The molecule has 1 aliphatic heterocycles. The second-order valence-electron chi connectivity index (χ2n) is 6.76. The summed E-state index contributed by atoms with van der Waals surface area (Å²) in [6.07, 6.45) is 10.8. The molecular weight excluding hydrogens is 262 g/mol. The molecule has 21 heavy (non-hydrogen) atoms. The Kier molecular flexibility index (Phi) is 4.65. The molecule has 1 N–H and O–H groups in total. The van der Waals surface area contributed by atoms with Crippen LogP contribution in [0.5, 0.6) is 0 Å². The number of nitrogens with one attached hydrogen (secondary N) is 1. The summed E-state index contributed by atoms with van der Waals surface area (Å²) in [6.45, 7) is 4.11. The summed E-state index contributed by atoms with van der Waals surface area (Å²) in [7, 11) is 2.05. The van der Waals surface area contributed by atoms with Crippen molar-refractivity contribution < 1.29 is 4.74 Å². The Morgan fingerprint density at radius 2 is 2.24 bits per heavy atom. The largest absolute Gasteiger partial charge is 0.375 e. The molecule has 2 aliphatic rings. The molecule has 1 saturated heterocycles. The van der Waals surface area contributed by atoms with Crippen molar-refractivity contribution in [2.24, 2.45) is 13.0 Å². The molecule has 1 aliphatic carbocycles. The van der Waals surface area contributed by atoms with Gasteiger partial charge in [0.1, 0.15) is 0 Å². The SMILES string of the molecule is CCNC(c1ccnn1C)C1CCOC2(CCCCC2)C1. The van der Waals surface area contributed by atoms with Gasteiger partial charge < -0.3 is 10.1 Å². The van der Waals surface area contributed by atoms with Crippen LogP contribution in [0.3, 0.4) is 0 Å². The van der Waals surface area contributed by atoms with E-state index < -0.39 is 0 Å². The molecule has 1 aromatic heterocycles. The average molecular weight is 291 g/mol. The van der Waals surface area contributed by atoms with Gasteiger partial charge in [-0.3, -0.25) is 4.68 Å².